The highest BCUT2D eigenvalue weighted by Crippen LogP contribution is 2.27. The number of aromatic nitrogens is 2. The summed E-state index contributed by atoms with van der Waals surface area (Å²) >= 11 is 0. The summed E-state index contributed by atoms with van der Waals surface area (Å²) < 4.78 is 2.22. The molecule has 1 aliphatic rings. The summed E-state index contributed by atoms with van der Waals surface area (Å²) in [5, 5.41) is 8.23. The SMILES string of the molecule is CC(C)NCCCCc1ccn(C2CCCCC2)n1. The van der Waals surface area contributed by atoms with Crippen LogP contribution in [0.5, 0.6) is 0 Å². The minimum Gasteiger partial charge on any atom is -0.315 e. The normalized spacial score (nSPS) is 17.2. The van der Waals surface area contributed by atoms with Crippen LogP contribution < -0.4 is 5.32 Å². The van der Waals surface area contributed by atoms with Crippen LogP contribution >= 0.6 is 0 Å². The van der Waals surface area contributed by atoms with Gasteiger partial charge in [0, 0.05) is 12.2 Å². The van der Waals surface area contributed by atoms with Crippen molar-refractivity contribution in [1.29, 1.82) is 0 Å². The monoisotopic (exact) mass is 263 g/mol. The summed E-state index contributed by atoms with van der Waals surface area (Å²) in [4.78, 5) is 0. The maximum atomic E-state index is 4.76. The van der Waals surface area contributed by atoms with Crippen LogP contribution in [0.2, 0.25) is 0 Å². The number of nitrogens with one attached hydrogen (secondary N) is 1. The average molecular weight is 263 g/mol. The standard InChI is InChI=1S/C16H29N3/c1-14(2)17-12-7-6-8-15-11-13-19(18-15)16-9-4-3-5-10-16/h11,13-14,16-17H,3-10,12H2,1-2H3. The maximum absolute atomic E-state index is 4.76. The quantitative estimate of drug-likeness (QED) is 0.760. The summed E-state index contributed by atoms with van der Waals surface area (Å²) in [6.45, 7) is 5.53. The van der Waals surface area contributed by atoms with Gasteiger partial charge in [0.05, 0.1) is 11.7 Å². The largest absolute Gasteiger partial charge is 0.315 e. The zero-order valence-electron chi connectivity index (χ0n) is 12.6. The van der Waals surface area contributed by atoms with Gasteiger partial charge in [-0.05, 0) is 44.7 Å². The van der Waals surface area contributed by atoms with Gasteiger partial charge in [-0.3, -0.25) is 4.68 Å². The van der Waals surface area contributed by atoms with Crippen molar-refractivity contribution in [3.05, 3.63) is 18.0 Å². The average Bonchev–Trinajstić information content (AvgIpc) is 2.88. The van der Waals surface area contributed by atoms with E-state index < -0.39 is 0 Å². The van der Waals surface area contributed by atoms with Gasteiger partial charge in [-0.25, -0.2) is 0 Å². The summed E-state index contributed by atoms with van der Waals surface area (Å²) in [5.41, 5.74) is 1.27. The van der Waals surface area contributed by atoms with Crippen LogP contribution in [0.4, 0.5) is 0 Å². The zero-order valence-corrected chi connectivity index (χ0v) is 12.6. The van der Waals surface area contributed by atoms with Crippen molar-refractivity contribution >= 4 is 0 Å². The lowest BCUT2D eigenvalue weighted by Gasteiger charge is -2.21. The Labute approximate surface area is 117 Å². The van der Waals surface area contributed by atoms with Crippen molar-refractivity contribution in [3.63, 3.8) is 0 Å². The van der Waals surface area contributed by atoms with Gasteiger partial charge in [-0.2, -0.15) is 5.10 Å². The number of nitrogens with zero attached hydrogens (tertiary/aromatic N) is 2. The van der Waals surface area contributed by atoms with Crippen molar-refractivity contribution in [2.75, 3.05) is 6.54 Å². The third-order valence-corrected chi connectivity index (χ3v) is 4.02. The fourth-order valence-electron chi connectivity index (χ4n) is 2.88. The highest BCUT2D eigenvalue weighted by atomic mass is 15.3. The number of unbranched alkanes of at least 4 members (excludes halogenated alkanes) is 1. The summed E-state index contributed by atoms with van der Waals surface area (Å²) in [6.07, 6.45) is 12.6. The number of aryl methyl sites for hydroxylation is 1. The molecule has 0 unspecified atom stereocenters. The molecule has 0 aliphatic heterocycles. The molecule has 1 aliphatic carbocycles. The third kappa shape index (κ3) is 4.98. The molecule has 1 saturated carbocycles. The first kappa shape index (κ1) is 14.6. The van der Waals surface area contributed by atoms with Gasteiger partial charge < -0.3 is 5.32 Å². The molecule has 0 bridgehead atoms. The van der Waals surface area contributed by atoms with E-state index in [1.54, 1.807) is 0 Å². The Morgan fingerprint density at radius 2 is 2.05 bits per heavy atom. The lowest BCUT2D eigenvalue weighted by Crippen LogP contribution is -2.23. The van der Waals surface area contributed by atoms with Gasteiger partial charge in [0.1, 0.15) is 0 Å². The van der Waals surface area contributed by atoms with Crippen LogP contribution in [0.15, 0.2) is 12.3 Å². The van der Waals surface area contributed by atoms with E-state index in [0.29, 0.717) is 12.1 Å². The molecule has 1 heterocycles. The predicted octanol–water partition coefficient (Wildman–Crippen LogP) is 3.71. The molecule has 108 valence electrons. The molecule has 1 N–H and O–H groups in total. The first-order valence-electron chi connectivity index (χ1n) is 8.03. The molecule has 0 atom stereocenters. The molecule has 2 rings (SSSR count). The van der Waals surface area contributed by atoms with Crippen LogP contribution in [0, 0.1) is 0 Å². The van der Waals surface area contributed by atoms with Crippen LogP contribution in [0.3, 0.4) is 0 Å². The van der Waals surface area contributed by atoms with Gasteiger partial charge in [-0.1, -0.05) is 33.1 Å². The van der Waals surface area contributed by atoms with Crippen molar-refractivity contribution in [2.45, 2.75) is 77.3 Å². The molecule has 1 aromatic rings. The van der Waals surface area contributed by atoms with Crippen LogP contribution in [-0.4, -0.2) is 22.4 Å². The molecular weight excluding hydrogens is 234 g/mol. The van der Waals surface area contributed by atoms with Crippen LogP contribution in [-0.2, 0) is 6.42 Å². The molecule has 3 nitrogen and oxygen atoms in total. The Bertz CT molecular complexity index is 351. The summed E-state index contributed by atoms with van der Waals surface area (Å²) in [5.74, 6) is 0. The van der Waals surface area contributed by atoms with Crippen molar-refractivity contribution < 1.29 is 0 Å². The molecule has 0 amide bonds. The lowest BCUT2D eigenvalue weighted by molar-refractivity contribution is 0.328. The van der Waals surface area contributed by atoms with Gasteiger partial charge in [0.15, 0.2) is 0 Å². The molecule has 0 aromatic carbocycles. The van der Waals surface area contributed by atoms with Gasteiger partial charge in [0.2, 0.25) is 0 Å². The maximum Gasteiger partial charge on any atom is 0.0624 e. The van der Waals surface area contributed by atoms with Crippen molar-refractivity contribution in [2.24, 2.45) is 0 Å². The smallest absolute Gasteiger partial charge is 0.0624 e. The number of hydrogen-bond acceptors (Lipinski definition) is 2. The topological polar surface area (TPSA) is 29.9 Å². The van der Waals surface area contributed by atoms with E-state index >= 15 is 0 Å². The van der Waals surface area contributed by atoms with E-state index in [4.69, 9.17) is 5.10 Å². The lowest BCUT2D eigenvalue weighted by atomic mass is 9.96. The molecule has 0 spiro atoms. The molecule has 1 aromatic heterocycles. The van der Waals surface area contributed by atoms with Gasteiger partial charge in [-0.15, -0.1) is 0 Å². The van der Waals surface area contributed by atoms with E-state index in [9.17, 15) is 0 Å². The molecule has 3 heteroatoms. The molecule has 1 fully saturated rings. The Balaban J connectivity index is 1.68. The van der Waals surface area contributed by atoms with E-state index in [2.05, 4.69) is 36.1 Å². The minimum atomic E-state index is 0.602. The van der Waals surface area contributed by atoms with Crippen molar-refractivity contribution in [1.82, 2.24) is 15.1 Å². The molecular formula is C16H29N3. The first-order chi connectivity index (χ1) is 9.25. The fourth-order valence-corrected chi connectivity index (χ4v) is 2.88. The number of rotatable bonds is 7. The minimum absolute atomic E-state index is 0.602. The second-order valence-corrected chi connectivity index (χ2v) is 6.14. The Morgan fingerprint density at radius 3 is 2.79 bits per heavy atom. The second-order valence-electron chi connectivity index (χ2n) is 6.14. The summed E-state index contributed by atoms with van der Waals surface area (Å²) in [7, 11) is 0. The predicted molar refractivity (Wildman–Crippen MR) is 80.4 cm³/mol. The highest BCUT2D eigenvalue weighted by Gasteiger charge is 2.15. The van der Waals surface area contributed by atoms with Crippen LogP contribution in [0.1, 0.15) is 70.5 Å². The Kier molecular flexibility index (Phi) is 5.90. The van der Waals surface area contributed by atoms with Gasteiger partial charge >= 0.3 is 0 Å². The van der Waals surface area contributed by atoms with E-state index in [1.807, 2.05) is 0 Å². The van der Waals surface area contributed by atoms with Crippen LogP contribution in [0.25, 0.3) is 0 Å². The first-order valence-corrected chi connectivity index (χ1v) is 8.03. The zero-order chi connectivity index (χ0) is 13.5. The Morgan fingerprint density at radius 1 is 1.26 bits per heavy atom. The molecule has 19 heavy (non-hydrogen) atoms. The molecule has 0 radical (unpaired) electrons. The Hall–Kier alpha value is -0.830. The van der Waals surface area contributed by atoms with E-state index in [0.717, 1.165) is 13.0 Å². The highest BCUT2D eigenvalue weighted by molar-refractivity contribution is 5.00. The van der Waals surface area contributed by atoms with E-state index in [1.165, 1.54) is 50.6 Å². The van der Waals surface area contributed by atoms with Crippen molar-refractivity contribution in [3.8, 4) is 0 Å². The summed E-state index contributed by atoms with van der Waals surface area (Å²) in [6, 6.07) is 3.49. The number of hydrogen-bond donors (Lipinski definition) is 1. The second kappa shape index (κ2) is 7.68. The van der Waals surface area contributed by atoms with E-state index in [-0.39, 0.29) is 0 Å². The fraction of sp³-hybridized carbons (Fsp3) is 0.812. The molecule has 0 saturated heterocycles. The van der Waals surface area contributed by atoms with Gasteiger partial charge in [0.25, 0.3) is 0 Å². The third-order valence-electron chi connectivity index (χ3n) is 4.02.